The Kier molecular flexibility index (Phi) is 9.98. The van der Waals surface area contributed by atoms with Gasteiger partial charge in [-0.3, -0.25) is 0 Å². The van der Waals surface area contributed by atoms with Crippen molar-refractivity contribution in [2.24, 2.45) is 5.92 Å². The molecule has 15 nitrogen and oxygen atoms in total. The zero-order valence-electron chi connectivity index (χ0n) is 28.9. The summed E-state index contributed by atoms with van der Waals surface area (Å²) in [6, 6.07) is 15.9. The van der Waals surface area contributed by atoms with E-state index in [1.165, 1.54) is 42.6 Å². The SMILES string of the molecule is C[C@H](O)[C@H](CO)n1ncn(-c2ccc([N+]3([O-])CC[N+]([O-])(c4ccc(OC[C@@H]5CO[C@@](Cn6cncn6)(c6ccc(F)cc6F)C5)cc4)CC3)cc2)c1=O. The van der Waals surface area contributed by atoms with Gasteiger partial charge in [-0.2, -0.15) is 10.2 Å². The third kappa shape index (κ3) is 7.24. The fourth-order valence-corrected chi connectivity index (χ4v) is 7.24. The molecular weight excluding hydrogens is 694 g/mol. The number of rotatable bonds is 12. The summed E-state index contributed by atoms with van der Waals surface area (Å²) < 4.78 is 43.4. The molecule has 2 aliphatic heterocycles. The van der Waals surface area contributed by atoms with Gasteiger partial charge in [0, 0.05) is 41.8 Å². The van der Waals surface area contributed by atoms with E-state index in [4.69, 9.17) is 9.47 Å². The van der Waals surface area contributed by atoms with Crippen molar-refractivity contribution in [1.29, 1.82) is 0 Å². The molecule has 4 atom stereocenters. The highest BCUT2D eigenvalue weighted by Gasteiger charge is 2.45. The Labute approximate surface area is 302 Å². The van der Waals surface area contributed by atoms with Gasteiger partial charge in [-0.1, -0.05) is 6.07 Å². The lowest BCUT2D eigenvalue weighted by Gasteiger charge is -2.53. The van der Waals surface area contributed by atoms with E-state index in [1.54, 1.807) is 53.2 Å². The molecule has 2 saturated heterocycles. The van der Waals surface area contributed by atoms with Gasteiger partial charge in [0.25, 0.3) is 0 Å². The van der Waals surface area contributed by atoms with Crippen LogP contribution in [0.5, 0.6) is 5.75 Å². The number of benzene rings is 3. The smallest absolute Gasteiger partial charge is 0.350 e. The van der Waals surface area contributed by atoms with Gasteiger partial charge in [0.05, 0.1) is 38.2 Å². The van der Waals surface area contributed by atoms with E-state index in [-0.39, 0.29) is 57.4 Å². The van der Waals surface area contributed by atoms with Crippen molar-refractivity contribution >= 4 is 11.4 Å². The molecule has 0 amide bonds. The highest BCUT2D eigenvalue weighted by Crippen LogP contribution is 2.42. The first-order chi connectivity index (χ1) is 25.4. The number of piperazine rings is 1. The van der Waals surface area contributed by atoms with Crippen molar-refractivity contribution in [1.82, 2.24) is 38.4 Å². The number of hydrogen-bond acceptors (Lipinski definition) is 10. The Bertz CT molecular complexity index is 2070. The maximum Gasteiger partial charge on any atom is 0.350 e. The Morgan fingerprint density at radius 2 is 1.64 bits per heavy atom. The molecule has 3 aromatic carbocycles. The molecule has 2 aliphatic rings. The largest absolute Gasteiger partial charge is 0.627 e. The molecule has 0 bridgehead atoms. The molecule has 53 heavy (non-hydrogen) atoms. The quantitative estimate of drug-likeness (QED) is 0.143. The van der Waals surface area contributed by atoms with Crippen molar-refractivity contribution < 1.29 is 28.5 Å². The monoisotopic (exact) mass is 734 g/mol. The van der Waals surface area contributed by atoms with Crippen molar-refractivity contribution in [2.45, 2.75) is 37.6 Å². The van der Waals surface area contributed by atoms with Gasteiger partial charge in [0.2, 0.25) is 0 Å². The molecule has 2 fully saturated rings. The first-order valence-corrected chi connectivity index (χ1v) is 17.3. The molecule has 0 aliphatic carbocycles. The van der Waals surface area contributed by atoms with Crippen LogP contribution >= 0.6 is 0 Å². The highest BCUT2D eigenvalue weighted by atomic mass is 19.1. The maximum atomic E-state index is 15.0. The minimum absolute atomic E-state index is 0.0399. The number of hydrogen-bond donors (Lipinski definition) is 2. The zero-order valence-corrected chi connectivity index (χ0v) is 28.9. The molecule has 5 aromatic rings. The summed E-state index contributed by atoms with van der Waals surface area (Å²) in [5.74, 6) is -0.962. The van der Waals surface area contributed by atoms with Crippen LogP contribution in [0.25, 0.3) is 5.69 Å². The number of halogens is 2. The van der Waals surface area contributed by atoms with Crippen molar-refractivity contribution in [2.75, 3.05) is 46.0 Å². The van der Waals surface area contributed by atoms with E-state index in [0.717, 1.165) is 10.7 Å². The summed E-state index contributed by atoms with van der Waals surface area (Å²) in [4.78, 5) is 16.9. The minimum Gasteiger partial charge on any atom is -0.627 e. The summed E-state index contributed by atoms with van der Waals surface area (Å²) >= 11 is 0. The van der Waals surface area contributed by atoms with Crippen molar-refractivity contribution in [3.05, 3.63) is 124 Å². The van der Waals surface area contributed by atoms with E-state index >= 15 is 0 Å². The van der Waals surface area contributed by atoms with Crippen LogP contribution in [-0.4, -0.2) is 91.4 Å². The third-order valence-corrected chi connectivity index (χ3v) is 10.3. The summed E-state index contributed by atoms with van der Waals surface area (Å²) in [6.45, 7) is 1.90. The third-order valence-electron chi connectivity index (χ3n) is 10.3. The Morgan fingerprint density at radius 1 is 0.981 bits per heavy atom. The average Bonchev–Trinajstić information content (AvgIpc) is 3.91. The van der Waals surface area contributed by atoms with Crippen LogP contribution in [0.4, 0.5) is 20.2 Å². The molecular formula is C36H40F2N8O7. The van der Waals surface area contributed by atoms with Gasteiger partial charge < -0.3 is 39.4 Å². The number of hydroxylamine groups is 4. The molecule has 2 aromatic heterocycles. The molecule has 7 rings (SSSR count). The Balaban J connectivity index is 0.963. The molecule has 0 saturated carbocycles. The van der Waals surface area contributed by atoms with Gasteiger partial charge in [-0.15, -0.1) is 0 Å². The molecule has 2 N–H and O–H groups in total. The summed E-state index contributed by atoms with van der Waals surface area (Å²) in [5, 5.41) is 55.4. The second-order valence-electron chi connectivity index (χ2n) is 13.8. The van der Waals surface area contributed by atoms with Crippen LogP contribution in [0.1, 0.15) is 24.9 Å². The molecule has 4 heterocycles. The van der Waals surface area contributed by atoms with Gasteiger partial charge >= 0.3 is 5.69 Å². The Hall–Kier alpha value is -4.88. The topological polar surface area (TPSA) is 176 Å². The molecule has 280 valence electrons. The average molecular weight is 735 g/mol. The molecule has 0 unspecified atom stereocenters. The lowest BCUT2D eigenvalue weighted by Crippen LogP contribution is -2.64. The number of aromatic nitrogens is 6. The van der Waals surface area contributed by atoms with E-state index in [2.05, 4.69) is 15.2 Å². The van der Waals surface area contributed by atoms with Crippen LogP contribution in [0.3, 0.4) is 0 Å². The lowest BCUT2D eigenvalue weighted by molar-refractivity contribution is -0.0206. The fraction of sp³-hybridized carbons (Fsp3) is 0.389. The van der Waals surface area contributed by atoms with E-state index in [9.17, 15) is 34.2 Å². The van der Waals surface area contributed by atoms with Gasteiger partial charge in [0.15, 0.2) is 0 Å². The van der Waals surface area contributed by atoms with Gasteiger partial charge in [-0.25, -0.2) is 32.5 Å². The van der Waals surface area contributed by atoms with E-state index < -0.39 is 51.0 Å². The fourth-order valence-electron chi connectivity index (χ4n) is 7.24. The van der Waals surface area contributed by atoms with Crippen LogP contribution in [-0.2, 0) is 16.9 Å². The van der Waals surface area contributed by atoms with Crippen molar-refractivity contribution in [3.63, 3.8) is 0 Å². The Morgan fingerprint density at radius 3 is 2.23 bits per heavy atom. The number of quaternary nitrogens is 2. The highest BCUT2D eigenvalue weighted by molar-refractivity contribution is 5.52. The molecule has 17 heteroatoms. The molecule has 0 spiro atoms. The van der Waals surface area contributed by atoms with Crippen molar-refractivity contribution in [3.8, 4) is 11.4 Å². The van der Waals surface area contributed by atoms with Crippen LogP contribution in [0, 0.1) is 28.0 Å². The van der Waals surface area contributed by atoms with E-state index in [1.807, 2.05) is 0 Å². The summed E-state index contributed by atoms with van der Waals surface area (Å²) in [6.07, 6.45) is 3.58. The molecule has 0 radical (unpaired) electrons. The second-order valence-corrected chi connectivity index (χ2v) is 13.8. The minimum atomic E-state index is -1.10. The number of ether oxygens (including phenoxy) is 2. The first-order valence-electron chi connectivity index (χ1n) is 17.3. The van der Waals surface area contributed by atoms with Crippen LogP contribution in [0.15, 0.2) is 90.5 Å². The van der Waals surface area contributed by atoms with Gasteiger partial charge in [0.1, 0.15) is 85.6 Å². The van der Waals surface area contributed by atoms with Gasteiger partial charge in [-0.05, 0) is 43.7 Å². The number of nitrogens with zero attached hydrogens (tertiary/aromatic N) is 8. The maximum absolute atomic E-state index is 15.0. The second kappa shape index (κ2) is 14.5. The predicted octanol–water partition coefficient (Wildman–Crippen LogP) is 3.15. The lowest BCUT2D eigenvalue weighted by atomic mass is 9.87. The number of aliphatic hydroxyl groups is 2. The zero-order chi connectivity index (χ0) is 37.4. The van der Waals surface area contributed by atoms with Crippen LogP contribution in [0.2, 0.25) is 0 Å². The standard InChI is InChI=1S/C36H40F2N8O7/c1-25(48)34(18-47)44-35(49)43(24-41-44)28-3-5-29(6-4-28)45(50)12-14-46(51,15-13-45)30-7-9-31(10-8-30)52-19-26-17-36(53-20-26,21-42-23-39-22-40-42)32-11-2-27(37)16-33(32)38/h2-11,16,22-26,34,47-48H,12-15,17-21H2,1H3/t25-,26+,34-,36-,45?,46?/m0/s1. The van der Waals surface area contributed by atoms with Crippen LogP contribution < -0.4 is 19.7 Å². The van der Waals surface area contributed by atoms with E-state index in [0.29, 0.717) is 29.2 Å². The first kappa shape index (κ1) is 36.5. The predicted molar refractivity (Wildman–Crippen MR) is 189 cm³/mol. The normalized spacial score (nSPS) is 25.7. The summed E-state index contributed by atoms with van der Waals surface area (Å²) in [5.41, 5.74) is 0.000362. The summed E-state index contributed by atoms with van der Waals surface area (Å²) in [7, 11) is 0. The number of aliphatic hydroxyl groups excluding tert-OH is 2.